The van der Waals surface area contributed by atoms with E-state index in [4.69, 9.17) is 5.11 Å². The lowest BCUT2D eigenvalue weighted by Crippen LogP contribution is -1.84. The zero-order valence-corrected chi connectivity index (χ0v) is 9.23. The number of benzene rings is 1. The molecule has 0 fully saturated rings. The minimum atomic E-state index is 0.171. The highest BCUT2D eigenvalue weighted by Crippen LogP contribution is 2.07. The lowest BCUT2D eigenvalue weighted by molar-refractivity contribution is 0.342. The molecule has 0 spiro atoms. The second-order valence-corrected chi connectivity index (χ2v) is 3.74. The highest BCUT2D eigenvalue weighted by atomic mass is 16.2. The van der Waals surface area contributed by atoms with Crippen molar-refractivity contribution in [3.8, 4) is 0 Å². The fraction of sp³-hybridized carbons (Fsp3) is 0.429. The molecule has 0 atom stereocenters. The fourth-order valence-corrected chi connectivity index (χ4v) is 1.61. The monoisotopic (exact) mass is 204 g/mol. The van der Waals surface area contributed by atoms with Gasteiger partial charge in [0.1, 0.15) is 0 Å². The minimum Gasteiger partial charge on any atom is -0.392 e. The molecule has 1 nitrogen and oxygen atoms in total. The summed E-state index contributed by atoms with van der Waals surface area (Å²) in [5.74, 6) is 0. The van der Waals surface area contributed by atoms with Gasteiger partial charge in [-0.25, -0.2) is 0 Å². The molecular formula is C14H20O. The summed E-state index contributed by atoms with van der Waals surface area (Å²) in [5.41, 5.74) is 1.43. The second-order valence-electron chi connectivity index (χ2n) is 3.74. The summed E-state index contributed by atoms with van der Waals surface area (Å²) in [4.78, 5) is 0. The predicted molar refractivity (Wildman–Crippen MR) is 64.8 cm³/mol. The minimum absolute atomic E-state index is 0.171. The molecule has 0 amide bonds. The van der Waals surface area contributed by atoms with Crippen molar-refractivity contribution in [1.82, 2.24) is 0 Å². The molecule has 0 aliphatic rings. The smallest absolute Gasteiger partial charge is 0.0612 e. The van der Waals surface area contributed by atoms with Crippen LogP contribution in [0.3, 0.4) is 0 Å². The standard InChI is InChI=1S/C14H20O/c15-13-9-4-2-1-3-6-10-14-11-7-5-8-12-14/h4-5,7-9,11-12,15H,1-3,6,10,13H2. The van der Waals surface area contributed by atoms with Crippen LogP contribution in [0.2, 0.25) is 0 Å². The molecule has 82 valence electrons. The van der Waals surface area contributed by atoms with Crippen LogP contribution in [0.25, 0.3) is 0 Å². The van der Waals surface area contributed by atoms with Gasteiger partial charge in [0.05, 0.1) is 6.61 Å². The summed E-state index contributed by atoms with van der Waals surface area (Å²) in [6, 6.07) is 10.6. The predicted octanol–water partition coefficient (Wildman–Crippen LogP) is 3.34. The fourth-order valence-electron chi connectivity index (χ4n) is 1.61. The third-order valence-electron chi connectivity index (χ3n) is 2.45. The van der Waals surface area contributed by atoms with Crippen molar-refractivity contribution in [2.24, 2.45) is 0 Å². The first-order valence-electron chi connectivity index (χ1n) is 5.73. The first kappa shape index (κ1) is 12.0. The third-order valence-corrected chi connectivity index (χ3v) is 2.45. The maximum atomic E-state index is 8.53. The quantitative estimate of drug-likeness (QED) is 0.533. The Morgan fingerprint density at radius 3 is 2.47 bits per heavy atom. The van der Waals surface area contributed by atoms with E-state index in [0.717, 1.165) is 6.42 Å². The molecule has 1 aromatic rings. The number of hydrogen-bond donors (Lipinski definition) is 1. The van der Waals surface area contributed by atoms with E-state index in [-0.39, 0.29) is 6.61 Å². The van der Waals surface area contributed by atoms with E-state index in [2.05, 4.69) is 36.4 Å². The lowest BCUT2D eigenvalue weighted by Gasteiger charge is -2.00. The van der Waals surface area contributed by atoms with Crippen LogP contribution in [0.5, 0.6) is 0 Å². The van der Waals surface area contributed by atoms with Crippen LogP contribution in [-0.2, 0) is 6.42 Å². The Balaban J connectivity index is 2.00. The molecule has 1 aromatic carbocycles. The topological polar surface area (TPSA) is 20.2 Å². The number of rotatable bonds is 7. The maximum absolute atomic E-state index is 8.53. The van der Waals surface area contributed by atoms with Gasteiger partial charge in [-0.05, 0) is 31.2 Å². The van der Waals surface area contributed by atoms with Gasteiger partial charge in [0.25, 0.3) is 0 Å². The number of unbranched alkanes of at least 4 members (excludes halogenated alkanes) is 3. The Labute approximate surface area is 92.5 Å². The van der Waals surface area contributed by atoms with Gasteiger partial charge in [0.15, 0.2) is 0 Å². The van der Waals surface area contributed by atoms with Crippen molar-refractivity contribution in [3.63, 3.8) is 0 Å². The molecule has 1 heteroatoms. The van der Waals surface area contributed by atoms with Crippen LogP contribution >= 0.6 is 0 Å². The highest BCUT2D eigenvalue weighted by Gasteiger charge is 1.91. The van der Waals surface area contributed by atoms with Crippen molar-refractivity contribution in [2.45, 2.75) is 32.1 Å². The summed E-state index contributed by atoms with van der Waals surface area (Å²) in [6.45, 7) is 0.171. The van der Waals surface area contributed by atoms with E-state index in [9.17, 15) is 0 Å². The molecule has 1 rings (SSSR count). The molecule has 0 saturated carbocycles. The van der Waals surface area contributed by atoms with E-state index in [1.165, 1.54) is 31.2 Å². The number of aliphatic hydroxyl groups excluding tert-OH is 1. The average molecular weight is 204 g/mol. The van der Waals surface area contributed by atoms with Crippen molar-refractivity contribution in [1.29, 1.82) is 0 Å². The van der Waals surface area contributed by atoms with Crippen LogP contribution in [0, 0.1) is 0 Å². The van der Waals surface area contributed by atoms with Gasteiger partial charge >= 0.3 is 0 Å². The zero-order valence-electron chi connectivity index (χ0n) is 9.23. The normalized spacial score (nSPS) is 11.0. The molecule has 1 N–H and O–H groups in total. The van der Waals surface area contributed by atoms with Gasteiger partial charge in [-0.3, -0.25) is 0 Å². The van der Waals surface area contributed by atoms with Gasteiger partial charge in [0.2, 0.25) is 0 Å². The summed E-state index contributed by atoms with van der Waals surface area (Å²) < 4.78 is 0. The zero-order chi connectivity index (χ0) is 10.8. The summed E-state index contributed by atoms with van der Waals surface area (Å²) >= 11 is 0. The molecular weight excluding hydrogens is 184 g/mol. The van der Waals surface area contributed by atoms with E-state index < -0.39 is 0 Å². The van der Waals surface area contributed by atoms with Crippen LogP contribution in [-0.4, -0.2) is 11.7 Å². The van der Waals surface area contributed by atoms with Crippen LogP contribution in [0.1, 0.15) is 31.2 Å². The van der Waals surface area contributed by atoms with Crippen LogP contribution < -0.4 is 0 Å². The molecule has 0 radical (unpaired) electrons. The Hall–Kier alpha value is -1.08. The van der Waals surface area contributed by atoms with Crippen molar-refractivity contribution in [3.05, 3.63) is 48.0 Å². The molecule has 0 bridgehead atoms. The number of allylic oxidation sites excluding steroid dienone is 1. The summed E-state index contributed by atoms with van der Waals surface area (Å²) in [7, 11) is 0. The van der Waals surface area contributed by atoms with Crippen molar-refractivity contribution in [2.75, 3.05) is 6.61 Å². The molecule has 0 unspecified atom stereocenters. The first-order chi connectivity index (χ1) is 7.43. The molecule has 0 aliphatic heterocycles. The highest BCUT2D eigenvalue weighted by molar-refractivity contribution is 5.14. The van der Waals surface area contributed by atoms with E-state index in [0.29, 0.717) is 0 Å². The molecule has 0 aromatic heterocycles. The largest absolute Gasteiger partial charge is 0.392 e. The Kier molecular flexibility index (Phi) is 6.59. The van der Waals surface area contributed by atoms with Gasteiger partial charge < -0.3 is 5.11 Å². The summed E-state index contributed by atoms with van der Waals surface area (Å²) in [5, 5.41) is 8.53. The summed E-state index contributed by atoms with van der Waals surface area (Å²) in [6.07, 6.45) is 9.91. The SMILES string of the molecule is OCC=CCCCCCc1ccccc1. The number of hydrogen-bond acceptors (Lipinski definition) is 1. The number of aliphatic hydroxyl groups is 1. The van der Waals surface area contributed by atoms with Gasteiger partial charge in [-0.1, -0.05) is 48.9 Å². The lowest BCUT2D eigenvalue weighted by atomic mass is 10.1. The first-order valence-corrected chi connectivity index (χ1v) is 5.73. The average Bonchev–Trinajstić information content (AvgIpc) is 2.29. The number of aryl methyl sites for hydroxylation is 1. The van der Waals surface area contributed by atoms with Crippen molar-refractivity contribution >= 4 is 0 Å². The van der Waals surface area contributed by atoms with Crippen LogP contribution in [0.15, 0.2) is 42.5 Å². The Bertz CT molecular complexity index is 264. The molecule has 15 heavy (non-hydrogen) atoms. The Morgan fingerprint density at radius 2 is 1.73 bits per heavy atom. The second kappa shape index (κ2) is 8.25. The van der Waals surface area contributed by atoms with Crippen LogP contribution in [0.4, 0.5) is 0 Å². The van der Waals surface area contributed by atoms with Gasteiger partial charge in [0, 0.05) is 0 Å². The molecule has 0 heterocycles. The van der Waals surface area contributed by atoms with Gasteiger partial charge in [-0.15, -0.1) is 0 Å². The van der Waals surface area contributed by atoms with Crippen molar-refractivity contribution < 1.29 is 5.11 Å². The molecule has 0 saturated heterocycles. The maximum Gasteiger partial charge on any atom is 0.0612 e. The Morgan fingerprint density at radius 1 is 0.933 bits per heavy atom. The van der Waals surface area contributed by atoms with E-state index >= 15 is 0 Å². The third kappa shape index (κ3) is 6.08. The van der Waals surface area contributed by atoms with E-state index in [1.807, 2.05) is 6.08 Å². The van der Waals surface area contributed by atoms with Gasteiger partial charge in [-0.2, -0.15) is 0 Å². The van der Waals surface area contributed by atoms with E-state index in [1.54, 1.807) is 0 Å². The molecule has 0 aliphatic carbocycles.